The molecular weight excluding hydrogens is 392 g/mol. The Hall–Kier alpha value is -2.74. The summed E-state index contributed by atoms with van der Waals surface area (Å²) in [5.41, 5.74) is 4.82. The highest BCUT2D eigenvalue weighted by atomic mass is 16.5. The Morgan fingerprint density at radius 1 is 1.13 bits per heavy atom. The molecule has 0 radical (unpaired) electrons. The van der Waals surface area contributed by atoms with E-state index in [-0.39, 0.29) is 0 Å². The number of hydrogen-bond acceptors (Lipinski definition) is 5. The van der Waals surface area contributed by atoms with Crippen LogP contribution in [0.2, 0.25) is 0 Å². The Bertz CT molecular complexity index is 900. The molecule has 170 valence electrons. The zero-order valence-corrected chi connectivity index (χ0v) is 19.7. The van der Waals surface area contributed by atoms with Gasteiger partial charge in [-0.15, -0.1) is 0 Å². The average molecular weight is 429 g/mol. The lowest BCUT2D eigenvalue weighted by molar-refractivity contribution is 0.171. The number of benzene rings is 1. The Balaban J connectivity index is 1.51. The number of aromatic nitrogens is 2. The minimum Gasteiger partial charge on any atom is -0.497 e. The minimum absolute atomic E-state index is 0.847. The fourth-order valence-corrected chi connectivity index (χ4v) is 4.18. The van der Waals surface area contributed by atoms with E-state index in [1.54, 1.807) is 14.2 Å². The first-order valence-electron chi connectivity index (χ1n) is 10.8. The number of aliphatic imine (C=N–C) groups is 1. The molecule has 1 aliphatic heterocycles. The molecule has 8 nitrogen and oxygen atoms in total. The first-order valence-corrected chi connectivity index (χ1v) is 10.8. The highest BCUT2D eigenvalue weighted by Gasteiger charge is 2.21. The topological polar surface area (TPSA) is 67.2 Å². The summed E-state index contributed by atoms with van der Waals surface area (Å²) in [5.74, 6) is 2.73. The molecule has 1 aliphatic rings. The third kappa shape index (κ3) is 5.50. The molecule has 2 heterocycles. The highest BCUT2D eigenvalue weighted by molar-refractivity contribution is 5.80. The van der Waals surface area contributed by atoms with Gasteiger partial charge in [-0.2, -0.15) is 5.10 Å². The standard InChI is InChI=1S/C23H36N6O2/c1-17-21(18(2)27(4)26-17)9-10-25-23(24-3)29-13-11-28(12-14-29)16-19-15-20(30-5)7-8-22(19)31-6/h7-8,15H,9-14,16H2,1-6H3,(H,24,25). The number of guanidine groups is 1. The molecule has 0 spiro atoms. The van der Waals surface area contributed by atoms with Crippen molar-refractivity contribution in [2.45, 2.75) is 26.8 Å². The third-order valence-corrected chi connectivity index (χ3v) is 6.08. The van der Waals surface area contributed by atoms with E-state index in [2.05, 4.69) is 45.1 Å². The van der Waals surface area contributed by atoms with Crippen LogP contribution in [-0.4, -0.2) is 79.5 Å². The van der Waals surface area contributed by atoms with Crippen LogP contribution in [0.5, 0.6) is 11.5 Å². The van der Waals surface area contributed by atoms with Crippen molar-refractivity contribution in [2.24, 2.45) is 12.0 Å². The molecule has 2 aromatic rings. The fourth-order valence-electron chi connectivity index (χ4n) is 4.18. The molecule has 1 saturated heterocycles. The average Bonchev–Trinajstić information content (AvgIpc) is 3.03. The van der Waals surface area contributed by atoms with Gasteiger partial charge in [0, 0.05) is 64.6 Å². The van der Waals surface area contributed by atoms with Crippen LogP contribution in [0.3, 0.4) is 0 Å². The molecule has 1 N–H and O–H groups in total. The van der Waals surface area contributed by atoms with E-state index in [1.165, 1.54) is 11.3 Å². The van der Waals surface area contributed by atoms with Gasteiger partial charge in [0.2, 0.25) is 0 Å². The van der Waals surface area contributed by atoms with Gasteiger partial charge in [-0.1, -0.05) is 0 Å². The quantitative estimate of drug-likeness (QED) is 0.537. The molecular formula is C23H36N6O2. The molecule has 1 fully saturated rings. The molecule has 1 aromatic carbocycles. The second-order valence-electron chi connectivity index (χ2n) is 7.94. The molecule has 8 heteroatoms. The van der Waals surface area contributed by atoms with Gasteiger partial charge in [0.15, 0.2) is 5.96 Å². The molecule has 0 bridgehead atoms. The van der Waals surface area contributed by atoms with E-state index in [1.807, 2.05) is 30.9 Å². The van der Waals surface area contributed by atoms with Crippen molar-refractivity contribution < 1.29 is 9.47 Å². The van der Waals surface area contributed by atoms with Crippen LogP contribution in [0.25, 0.3) is 0 Å². The Morgan fingerprint density at radius 2 is 1.87 bits per heavy atom. The van der Waals surface area contributed by atoms with Crippen molar-refractivity contribution in [1.82, 2.24) is 24.9 Å². The predicted octanol–water partition coefficient (Wildman–Crippen LogP) is 1.99. The van der Waals surface area contributed by atoms with Crippen LogP contribution in [0, 0.1) is 13.8 Å². The lowest BCUT2D eigenvalue weighted by Gasteiger charge is -2.36. The van der Waals surface area contributed by atoms with Gasteiger partial charge in [0.1, 0.15) is 11.5 Å². The number of nitrogens with one attached hydrogen (secondary N) is 1. The first kappa shape index (κ1) is 22.9. The van der Waals surface area contributed by atoms with Crippen LogP contribution in [0.4, 0.5) is 0 Å². The van der Waals surface area contributed by atoms with Gasteiger partial charge in [0.05, 0.1) is 19.9 Å². The van der Waals surface area contributed by atoms with Crippen LogP contribution < -0.4 is 14.8 Å². The maximum Gasteiger partial charge on any atom is 0.193 e. The number of methoxy groups -OCH3 is 2. The van der Waals surface area contributed by atoms with Crippen molar-refractivity contribution >= 4 is 5.96 Å². The second kappa shape index (κ2) is 10.5. The van der Waals surface area contributed by atoms with Crippen molar-refractivity contribution in [3.05, 3.63) is 40.7 Å². The summed E-state index contributed by atoms with van der Waals surface area (Å²) in [6.07, 6.45) is 0.945. The Kier molecular flexibility index (Phi) is 7.79. The summed E-state index contributed by atoms with van der Waals surface area (Å²) in [6.45, 7) is 9.73. The lowest BCUT2D eigenvalue weighted by atomic mass is 10.1. The summed E-state index contributed by atoms with van der Waals surface area (Å²) in [5, 5.41) is 8.04. The summed E-state index contributed by atoms with van der Waals surface area (Å²) in [4.78, 5) is 9.29. The first-order chi connectivity index (χ1) is 15.0. The Labute approximate surface area is 185 Å². The van der Waals surface area contributed by atoms with Crippen LogP contribution in [0.1, 0.15) is 22.5 Å². The largest absolute Gasteiger partial charge is 0.497 e. The number of rotatable bonds is 7. The van der Waals surface area contributed by atoms with Gasteiger partial charge in [-0.25, -0.2) is 0 Å². The number of piperazine rings is 1. The predicted molar refractivity (Wildman–Crippen MR) is 124 cm³/mol. The van der Waals surface area contributed by atoms with Crippen molar-refractivity contribution in [1.29, 1.82) is 0 Å². The third-order valence-electron chi connectivity index (χ3n) is 6.08. The van der Waals surface area contributed by atoms with Gasteiger partial charge < -0.3 is 19.7 Å². The summed E-state index contributed by atoms with van der Waals surface area (Å²) < 4.78 is 12.9. The summed E-state index contributed by atoms with van der Waals surface area (Å²) in [6, 6.07) is 5.97. The molecule has 0 aliphatic carbocycles. The second-order valence-corrected chi connectivity index (χ2v) is 7.94. The minimum atomic E-state index is 0.847. The van der Waals surface area contributed by atoms with Crippen molar-refractivity contribution in [3.8, 4) is 11.5 Å². The molecule has 31 heavy (non-hydrogen) atoms. The number of hydrogen-bond donors (Lipinski definition) is 1. The normalized spacial score (nSPS) is 15.3. The Morgan fingerprint density at radius 3 is 2.45 bits per heavy atom. The SMILES string of the molecule is CN=C(NCCc1c(C)nn(C)c1C)N1CCN(Cc2cc(OC)ccc2OC)CC1. The molecule has 0 amide bonds. The van der Waals surface area contributed by atoms with Crippen molar-refractivity contribution in [2.75, 3.05) is 54.0 Å². The summed E-state index contributed by atoms with van der Waals surface area (Å²) >= 11 is 0. The van der Waals surface area contributed by atoms with E-state index in [4.69, 9.17) is 9.47 Å². The molecule has 0 atom stereocenters. The van der Waals surface area contributed by atoms with Crippen LogP contribution in [-0.2, 0) is 20.0 Å². The fraction of sp³-hybridized carbons (Fsp3) is 0.565. The zero-order chi connectivity index (χ0) is 22.4. The van der Waals surface area contributed by atoms with E-state index in [9.17, 15) is 0 Å². The molecule has 1 aromatic heterocycles. The van der Waals surface area contributed by atoms with E-state index >= 15 is 0 Å². The molecule has 3 rings (SSSR count). The smallest absolute Gasteiger partial charge is 0.193 e. The lowest BCUT2D eigenvalue weighted by Crippen LogP contribution is -2.52. The summed E-state index contributed by atoms with van der Waals surface area (Å²) in [7, 11) is 7.27. The zero-order valence-electron chi connectivity index (χ0n) is 19.7. The van der Waals surface area contributed by atoms with E-state index < -0.39 is 0 Å². The maximum atomic E-state index is 5.53. The molecule has 0 unspecified atom stereocenters. The number of aryl methyl sites for hydroxylation is 2. The van der Waals surface area contributed by atoms with Gasteiger partial charge in [-0.3, -0.25) is 14.6 Å². The van der Waals surface area contributed by atoms with E-state index in [0.717, 1.165) is 74.4 Å². The molecule has 0 saturated carbocycles. The number of ether oxygens (including phenoxy) is 2. The highest BCUT2D eigenvalue weighted by Crippen LogP contribution is 2.25. The number of nitrogens with zero attached hydrogens (tertiary/aromatic N) is 5. The van der Waals surface area contributed by atoms with E-state index in [0.29, 0.717) is 0 Å². The van der Waals surface area contributed by atoms with Gasteiger partial charge in [-0.05, 0) is 44.0 Å². The van der Waals surface area contributed by atoms with Crippen LogP contribution >= 0.6 is 0 Å². The van der Waals surface area contributed by atoms with Crippen molar-refractivity contribution in [3.63, 3.8) is 0 Å². The van der Waals surface area contributed by atoms with Gasteiger partial charge >= 0.3 is 0 Å². The monoisotopic (exact) mass is 428 g/mol. The van der Waals surface area contributed by atoms with Crippen LogP contribution in [0.15, 0.2) is 23.2 Å². The van der Waals surface area contributed by atoms with Gasteiger partial charge in [0.25, 0.3) is 0 Å². The maximum absolute atomic E-state index is 5.53.